The van der Waals surface area contributed by atoms with Crippen LogP contribution in [0.5, 0.6) is 17.4 Å². The minimum atomic E-state index is -0.991. The third-order valence-electron chi connectivity index (χ3n) is 11.8. The van der Waals surface area contributed by atoms with Crippen molar-refractivity contribution < 1.29 is 33.0 Å². The third-order valence-corrected chi connectivity index (χ3v) is 11.8. The Morgan fingerprint density at radius 3 is 2.12 bits per heavy atom. The number of anilines is 2. The number of carbonyl (C=O) groups is 4. The number of hydrogen-bond acceptors (Lipinski definition) is 11. The SMILES string of the molecule is CC(C)(c1ccc(Oc2ccc(N3CC(N4CC(F)C4)C3)nn2)cc1)c1ccc(OC2CC(Nc3ccc4c(c3)C(=O)N(C3CCC(=O)NC3=O)C4=O)C2)cc1. The van der Waals surface area contributed by atoms with Crippen LogP contribution in [0, 0.1) is 0 Å². The first-order valence-corrected chi connectivity index (χ1v) is 19.1. The van der Waals surface area contributed by atoms with Crippen molar-refractivity contribution in [2.75, 3.05) is 36.4 Å². The summed E-state index contributed by atoms with van der Waals surface area (Å²) in [5.41, 5.74) is 3.21. The van der Waals surface area contributed by atoms with Crippen molar-refractivity contribution >= 4 is 35.1 Å². The van der Waals surface area contributed by atoms with Crippen LogP contribution in [0.4, 0.5) is 15.9 Å². The van der Waals surface area contributed by atoms with Gasteiger partial charge in [0.15, 0.2) is 5.82 Å². The number of halogens is 1. The van der Waals surface area contributed by atoms with E-state index in [9.17, 15) is 23.6 Å². The van der Waals surface area contributed by atoms with Crippen LogP contribution in [-0.2, 0) is 15.0 Å². The van der Waals surface area contributed by atoms with Gasteiger partial charge in [-0.25, -0.2) is 4.39 Å². The molecule has 0 spiro atoms. The summed E-state index contributed by atoms with van der Waals surface area (Å²) in [6.07, 6.45) is 1.08. The van der Waals surface area contributed by atoms with E-state index in [2.05, 4.69) is 68.7 Å². The van der Waals surface area contributed by atoms with E-state index in [4.69, 9.17) is 9.47 Å². The van der Waals surface area contributed by atoms with Crippen molar-refractivity contribution in [3.63, 3.8) is 0 Å². The zero-order valence-corrected chi connectivity index (χ0v) is 31.1. The highest BCUT2D eigenvalue weighted by atomic mass is 19.1. The Morgan fingerprint density at radius 1 is 0.804 bits per heavy atom. The quantitative estimate of drug-likeness (QED) is 0.202. The van der Waals surface area contributed by atoms with E-state index in [-0.39, 0.29) is 41.5 Å². The van der Waals surface area contributed by atoms with E-state index in [1.54, 1.807) is 18.2 Å². The molecule has 3 aromatic carbocycles. The number of nitrogens with one attached hydrogen (secondary N) is 2. The topological polar surface area (TPSA) is 146 Å². The van der Waals surface area contributed by atoms with Crippen LogP contribution in [-0.4, -0.2) is 100 Å². The van der Waals surface area contributed by atoms with Crippen LogP contribution >= 0.6 is 0 Å². The summed E-state index contributed by atoms with van der Waals surface area (Å²) in [6, 6.07) is 24.5. The Labute approximate surface area is 323 Å². The summed E-state index contributed by atoms with van der Waals surface area (Å²) in [5, 5.41) is 14.3. The van der Waals surface area contributed by atoms with Crippen LogP contribution < -0.4 is 25.0 Å². The molecule has 9 rings (SSSR count). The highest BCUT2D eigenvalue weighted by Crippen LogP contribution is 2.36. The maximum Gasteiger partial charge on any atom is 0.262 e. The van der Waals surface area contributed by atoms with Crippen LogP contribution in [0.15, 0.2) is 78.9 Å². The number of amides is 4. The smallest absolute Gasteiger partial charge is 0.262 e. The fraction of sp³-hybridized carbons (Fsp3) is 0.381. The molecule has 4 aliphatic heterocycles. The lowest BCUT2D eigenvalue weighted by atomic mass is 9.78. The first-order valence-electron chi connectivity index (χ1n) is 19.1. The van der Waals surface area contributed by atoms with Gasteiger partial charge < -0.3 is 19.7 Å². The van der Waals surface area contributed by atoms with Gasteiger partial charge in [0.05, 0.1) is 11.1 Å². The van der Waals surface area contributed by atoms with Crippen molar-refractivity contribution in [2.45, 2.75) is 75.3 Å². The molecule has 1 atom stereocenters. The van der Waals surface area contributed by atoms with Gasteiger partial charge in [-0.05, 0) is 66.1 Å². The highest BCUT2D eigenvalue weighted by Gasteiger charge is 2.45. The number of carbonyl (C=O) groups excluding carboxylic acids is 4. The van der Waals surface area contributed by atoms with Gasteiger partial charge >= 0.3 is 0 Å². The number of aromatic nitrogens is 2. The Morgan fingerprint density at radius 2 is 1.48 bits per heavy atom. The Balaban J connectivity index is 0.743. The number of nitrogens with zero attached hydrogens (tertiary/aromatic N) is 5. The van der Waals surface area contributed by atoms with Crippen molar-refractivity contribution in [1.82, 2.24) is 25.3 Å². The molecule has 5 aliphatic rings. The Bertz CT molecular complexity index is 2180. The molecule has 14 heteroatoms. The lowest BCUT2D eigenvalue weighted by Gasteiger charge is -2.50. The van der Waals surface area contributed by atoms with E-state index in [0.29, 0.717) is 36.4 Å². The number of alkyl halides is 1. The fourth-order valence-corrected chi connectivity index (χ4v) is 8.11. The Hall–Kier alpha value is -5.89. The van der Waals surface area contributed by atoms with Gasteiger partial charge in [0.2, 0.25) is 17.7 Å². The molecule has 4 amide bonds. The number of ether oxygens (including phenoxy) is 2. The average Bonchev–Trinajstić information content (AvgIpc) is 3.38. The molecule has 288 valence electrons. The largest absolute Gasteiger partial charge is 0.490 e. The van der Waals surface area contributed by atoms with E-state index >= 15 is 0 Å². The van der Waals surface area contributed by atoms with Crippen LogP contribution in [0.2, 0.25) is 0 Å². The number of rotatable bonds is 11. The normalized spacial score (nSPS) is 22.9. The molecule has 0 radical (unpaired) electrons. The molecule has 13 nitrogen and oxygen atoms in total. The zero-order valence-electron chi connectivity index (χ0n) is 31.1. The maximum absolute atomic E-state index is 13.2. The first-order chi connectivity index (χ1) is 27.0. The van der Waals surface area contributed by atoms with E-state index in [1.807, 2.05) is 36.4 Å². The Kier molecular flexibility index (Phi) is 8.95. The molecule has 56 heavy (non-hydrogen) atoms. The van der Waals surface area contributed by atoms with E-state index in [1.165, 1.54) is 0 Å². The summed E-state index contributed by atoms with van der Waals surface area (Å²) >= 11 is 0. The monoisotopic (exact) mass is 759 g/mol. The zero-order chi connectivity index (χ0) is 38.7. The van der Waals surface area contributed by atoms with Gasteiger partial charge in [-0.15, -0.1) is 10.2 Å². The van der Waals surface area contributed by atoms with E-state index in [0.717, 1.165) is 53.5 Å². The molecular weight excluding hydrogens is 718 g/mol. The second-order valence-electron chi connectivity index (χ2n) is 15.9. The van der Waals surface area contributed by atoms with Crippen molar-refractivity contribution in [3.8, 4) is 17.4 Å². The molecule has 1 aliphatic carbocycles. The molecule has 5 heterocycles. The van der Waals surface area contributed by atoms with Gasteiger partial charge in [-0.2, -0.15) is 0 Å². The number of likely N-dealkylation sites (tertiary alicyclic amines) is 1. The van der Waals surface area contributed by atoms with E-state index < -0.39 is 35.8 Å². The molecule has 2 N–H and O–H groups in total. The standard InChI is InChI=1S/C42H42FN7O6/c1-42(2,25-5-10-31(11-6-25)56-38-16-14-36(46-47-38)49-22-29(23-49)48-20-26(43)21-48)24-3-8-30(9-4-24)55-32-17-28(18-32)44-27-7-12-33-34(19-27)41(54)50(40(33)53)35-13-15-37(51)45-39(35)52/h3-12,14,16,19,26,28-29,32,35,44H,13,15,17-18,20-23H2,1-2H3,(H,45,51,52). The summed E-state index contributed by atoms with van der Waals surface area (Å²) in [5.74, 6) is 0.599. The van der Waals surface area contributed by atoms with Crippen LogP contribution in [0.25, 0.3) is 0 Å². The molecule has 1 unspecified atom stereocenters. The molecular formula is C42H42FN7O6. The van der Waals surface area contributed by atoms with Crippen molar-refractivity contribution in [2.24, 2.45) is 0 Å². The average molecular weight is 760 g/mol. The number of hydrogen-bond donors (Lipinski definition) is 2. The number of benzene rings is 3. The van der Waals surface area contributed by atoms with Crippen LogP contribution in [0.1, 0.15) is 71.4 Å². The first kappa shape index (κ1) is 35.8. The van der Waals surface area contributed by atoms with Gasteiger partial charge in [0, 0.05) is 74.7 Å². The van der Waals surface area contributed by atoms with Gasteiger partial charge in [-0.1, -0.05) is 38.1 Å². The number of piperidine rings is 1. The summed E-state index contributed by atoms with van der Waals surface area (Å²) < 4.78 is 25.4. The molecule has 1 aromatic heterocycles. The number of imide groups is 2. The molecule has 1 saturated carbocycles. The minimum Gasteiger partial charge on any atom is -0.490 e. The van der Waals surface area contributed by atoms with Crippen LogP contribution in [0.3, 0.4) is 0 Å². The number of fused-ring (bicyclic) bond motifs is 1. The predicted octanol–water partition coefficient (Wildman–Crippen LogP) is 4.86. The van der Waals surface area contributed by atoms with Crippen molar-refractivity contribution in [3.05, 3.63) is 101 Å². The predicted molar refractivity (Wildman–Crippen MR) is 204 cm³/mol. The molecule has 0 bridgehead atoms. The van der Waals surface area contributed by atoms with Gasteiger partial charge in [0.1, 0.15) is 29.8 Å². The lowest BCUT2D eigenvalue weighted by Crippen LogP contribution is -2.66. The molecule has 3 saturated heterocycles. The summed E-state index contributed by atoms with van der Waals surface area (Å²) in [6.45, 7) is 7.10. The van der Waals surface area contributed by atoms with Gasteiger partial charge in [-0.3, -0.25) is 34.3 Å². The van der Waals surface area contributed by atoms with Gasteiger partial charge in [0.25, 0.3) is 11.8 Å². The highest BCUT2D eigenvalue weighted by molar-refractivity contribution is 6.23. The maximum atomic E-state index is 13.2. The van der Waals surface area contributed by atoms with Crippen molar-refractivity contribution in [1.29, 1.82) is 0 Å². The third kappa shape index (κ3) is 6.71. The minimum absolute atomic E-state index is 0.0328. The summed E-state index contributed by atoms with van der Waals surface area (Å²) in [7, 11) is 0. The second-order valence-corrected chi connectivity index (χ2v) is 15.9. The molecule has 4 fully saturated rings. The fourth-order valence-electron chi connectivity index (χ4n) is 8.11. The summed E-state index contributed by atoms with van der Waals surface area (Å²) in [4.78, 5) is 55.4. The lowest BCUT2D eigenvalue weighted by molar-refractivity contribution is -0.136. The second kappa shape index (κ2) is 14.0. The molecule has 4 aromatic rings.